The van der Waals surface area contributed by atoms with Gasteiger partial charge in [0.15, 0.2) is 0 Å². The van der Waals surface area contributed by atoms with Gasteiger partial charge >= 0.3 is 41.4 Å². The Morgan fingerprint density at radius 2 is 0.676 bits per heavy atom. The summed E-state index contributed by atoms with van der Waals surface area (Å²) < 4.78 is 31.2. The van der Waals surface area contributed by atoms with Crippen LogP contribution in [0.1, 0.15) is 138 Å². The van der Waals surface area contributed by atoms with Crippen molar-refractivity contribution in [2.75, 3.05) is 0 Å². The molecule has 0 heterocycles. The molecule has 0 aromatic carbocycles. The van der Waals surface area contributed by atoms with Crippen molar-refractivity contribution in [3.63, 3.8) is 0 Å². The van der Waals surface area contributed by atoms with Crippen LogP contribution in [0.5, 0.6) is 0 Å². The van der Waals surface area contributed by atoms with Gasteiger partial charge in [0.05, 0.1) is 0 Å². The van der Waals surface area contributed by atoms with Crippen LogP contribution in [0.15, 0.2) is 0 Å². The first-order valence-electron chi connectivity index (χ1n) is 12.9. The van der Waals surface area contributed by atoms with Crippen LogP contribution in [-0.4, -0.2) is 17.0 Å². The zero-order valence-electron chi connectivity index (χ0n) is 22.5. The summed E-state index contributed by atoms with van der Waals surface area (Å²) in [5, 5.41) is 0. The van der Waals surface area contributed by atoms with E-state index < -0.39 is 24.1 Å². The van der Waals surface area contributed by atoms with Gasteiger partial charge in [0.1, 0.15) is 17.0 Å². The van der Waals surface area contributed by atoms with Crippen LogP contribution >= 0.6 is 24.1 Å². The molecule has 6 atom stereocenters. The van der Waals surface area contributed by atoms with E-state index in [9.17, 15) is 28.4 Å². The van der Waals surface area contributed by atoms with Crippen molar-refractivity contribution in [1.29, 1.82) is 0 Å². The minimum atomic E-state index is -2.18. The Labute approximate surface area is 224 Å². The molecule has 0 aliphatic rings. The predicted octanol–water partition coefficient (Wildman–Crippen LogP) is 7.34. The van der Waals surface area contributed by atoms with Gasteiger partial charge in [0.25, 0.3) is 0 Å². The third-order valence-corrected chi connectivity index (χ3v) is 8.44. The monoisotopic (exact) mass is 580 g/mol. The van der Waals surface area contributed by atoms with Crippen LogP contribution in [0, 0.1) is 0 Å². The average Bonchev–Trinajstić information content (AvgIpc) is 2.77. The number of rotatable bonds is 18. The molecular weight excluding hydrogens is 529 g/mol. The van der Waals surface area contributed by atoms with Crippen molar-refractivity contribution in [3.05, 3.63) is 0 Å². The van der Waals surface area contributed by atoms with E-state index in [1.165, 1.54) is 57.8 Å². The Morgan fingerprint density at radius 1 is 0.471 bits per heavy atom. The van der Waals surface area contributed by atoms with Gasteiger partial charge in [0, 0.05) is 0 Å². The first-order valence-corrected chi connectivity index (χ1v) is 16.7. The van der Waals surface area contributed by atoms with Gasteiger partial charge in [0.2, 0.25) is 0 Å². The Hall–Kier alpha value is 0.712. The van der Waals surface area contributed by atoms with E-state index >= 15 is 0 Å². The van der Waals surface area contributed by atoms with Crippen molar-refractivity contribution in [2.24, 2.45) is 0 Å². The van der Waals surface area contributed by atoms with Crippen molar-refractivity contribution < 1.29 is 45.7 Å². The fourth-order valence-electron chi connectivity index (χ4n) is 2.92. The molecule has 6 unspecified atom stereocenters. The second-order valence-electron chi connectivity index (χ2n) is 8.95. The third kappa shape index (κ3) is 34.9. The average molecular weight is 581 g/mol. The molecular formula is C24H51CrO6P3+3. The predicted molar refractivity (Wildman–Crippen MR) is 137 cm³/mol. The van der Waals surface area contributed by atoms with Crippen LogP contribution in [-0.2, 0) is 31.1 Å². The number of hydrogen-bond acceptors (Lipinski definition) is 6. The minimum Gasteiger partial charge on any atom is -0.595 e. The second-order valence-corrected chi connectivity index (χ2v) is 13.3. The van der Waals surface area contributed by atoms with Gasteiger partial charge in [-0.1, -0.05) is 92.3 Å². The van der Waals surface area contributed by atoms with E-state index in [0.29, 0.717) is 0 Å². The maximum absolute atomic E-state index is 10.4. The molecule has 0 aliphatic heterocycles. The molecule has 0 spiro atoms. The smallest absolute Gasteiger partial charge is 0.595 e. The molecule has 0 saturated heterocycles. The van der Waals surface area contributed by atoms with E-state index in [-0.39, 0.29) is 34.3 Å². The summed E-state index contributed by atoms with van der Waals surface area (Å²) in [6.07, 6.45) is 16.5. The first-order chi connectivity index (χ1) is 15.5. The molecule has 0 N–H and O–H groups in total. The summed E-state index contributed by atoms with van der Waals surface area (Å²) >= 11 is 0. The van der Waals surface area contributed by atoms with E-state index in [4.69, 9.17) is 0 Å². The standard InChI is InChI=1S/3C8H17O2P.Cr/c3*1-3-4-5-6-7-8(2)11(9)10;/h3*8H,3-7H2,1-2H3;/q;;;+3. The first kappa shape index (κ1) is 41.8. The van der Waals surface area contributed by atoms with Crippen LogP contribution in [0.3, 0.4) is 0 Å². The molecule has 10 heteroatoms. The second kappa shape index (κ2) is 31.7. The Kier molecular flexibility index (Phi) is 39.0. The molecule has 0 rings (SSSR count). The van der Waals surface area contributed by atoms with Crippen molar-refractivity contribution in [1.82, 2.24) is 0 Å². The Balaban J connectivity index is -0.000000196. The van der Waals surface area contributed by atoms with Crippen molar-refractivity contribution >= 4 is 24.1 Å². The normalized spacial score (nSPS) is 14.2. The van der Waals surface area contributed by atoms with E-state index in [0.717, 1.165) is 38.5 Å². The Bertz CT molecular complexity index is 417. The third-order valence-electron chi connectivity index (χ3n) is 5.51. The molecule has 0 saturated carbocycles. The fourth-order valence-corrected chi connectivity index (χ4v) is 4.10. The van der Waals surface area contributed by atoms with Crippen molar-refractivity contribution in [3.8, 4) is 0 Å². The summed E-state index contributed by atoms with van der Waals surface area (Å²) in [7, 11) is -6.55. The topological polar surface area (TPSA) is 120 Å². The van der Waals surface area contributed by atoms with Crippen LogP contribution in [0.25, 0.3) is 0 Å². The molecule has 6 nitrogen and oxygen atoms in total. The SMILES string of the molecule is CCCCCCC(C)[P+](=O)[O-].CCCCCCC(C)[P+](=O)[O-].CCCCCCC(C)[P+](=O)[O-].[Cr+3]. The fraction of sp³-hybridized carbons (Fsp3) is 1.00. The van der Waals surface area contributed by atoms with E-state index in [2.05, 4.69) is 20.8 Å². The van der Waals surface area contributed by atoms with Crippen LogP contribution in [0.2, 0.25) is 0 Å². The van der Waals surface area contributed by atoms with Gasteiger partial charge in [-0.25, -0.2) is 0 Å². The van der Waals surface area contributed by atoms with Gasteiger partial charge in [-0.05, 0) is 59.3 Å². The number of hydrogen-bond donors (Lipinski definition) is 0. The molecule has 34 heavy (non-hydrogen) atoms. The zero-order chi connectivity index (χ0) is 26.1. The van der Waals surface area contributed by atoms with Crippen LogP contribution in [0.4, 0.5) is 0 Å². The molecule has 201 valence electrons. The van der Waals surface area contributed by atoms with Crippen LogP contribution < -0.4 is 14.7 Å². The Morgan fingerprint density at radius 3 is 0.824 bits per heavy atom. The summed E-state index contributed by atoms with van der Waals surface area (Å²) in [4.78, 5) is 31.2. The molecule has 0 amide bonds. The minimum absolute atomic E-state index is 0. The van der Waals surface area contributed by atoms with Crippen molar-refractivity contribution in [2.45, 2.75) is 155 Å². The van der Waals surface area contributed by atoms with Gasteiger partial charge in [-0.3, -0.25) is 0 Å². The van der Waals surface area contributed by atoms with Gasteiger partial charge in [-0.15, -0.1) is 0 Å². The van der Waals surface area contributed by atoms with E-state index in [1.54, 1.807) is 20.8 Å². The van der Waals surface area contributed by atoms with E-state index in [1.807, 2.05) is 0 Å². The largest absolute Gasteiger partial charge is 3.00 e. The molecule has 0 fully saturated rings. The van der Waals surface area contributed by atoms with Gasteiger partial charge < -0.3 is 14.7 Å². The molecule has 1 radical (unpaired) electrons. The molecule has 0 aliphatic carbocycles. The quantitative estimate of drug-likeness (QED) is 0.124. The molecule has 0 aromatic heterocycles. The summed E-state index contributed by atoms with van der Waals surface area (Å²) in [5.41, 5.74) is -0.370. The molecule has 0 aromatic rings. The van der Waals surface area contributed by atoms with Gasteiger partial charge in [-0.2, -0.15) is 0 Å². The maximum Gasteiger partial charge on any atom is 3.00 e. The summed E-state index contributed by atoms with van der Waals surface area (Å²) in [5.74, 6) is 0. The summed E-state index contributed by atoms with van der Waals surface area (Å²) in [6, 6.07) is 0. The maximum atomic E-state index is 10.4. The molecule has 0 bridgehead atoms. The number of unbranched alkanes of at least 4 members (excludes halogenated alkanes) is 9. The summed E-state index contributed by atoms with van der Waals surface area (Å²) in [6.45, 7) is 11.8. The zero-order valence-corrected chi connectivity index (χ0v) is 26.5.